The van der Waals surface area contributed by atoms with Gasteiger partial charge in [0, 0.05) is 38.6 Å². The van der Waals surface area contributed by atoms with Crippen molar-refractivity contribution in [3.05, 3.63) is 89.0 Å². The highest BCUT2D eigenvalue weighted by Gasteiger charge is 2.39. The average Bonchev–Trinajstić information content (AvgIpc) is 3.26. The molecule has 1 aliphatic carbocycles. The maximum absolute atomic E-state index is 12.9. The molecule has 2 fully saturated rings. The van der Waals surface area contributed by atoms with Crippen LogP contribution in [0.25, 0.3) is 11.1 Å². The normalized spacial score (nSPS) is 21.4. The lowest BCUT2D eigenvalue weighted by Crippen LogP contribution is -2.56. The maximum Gasteiger partial charge on any atom is 0.222 e. The number of amides is 1. The Hall–Kier alpha value is -3.11. The lowest BCUT2D eigenvalue weighted by molar-refractivity contribution is -0.141. The van der Waals surface area contributed by atoms with Gasteiger partial charge in [-0.05, 0) is 77.1 Å². The summed E-state index contributed by atoms with van der Waals surface area (Å²) in [5.41, 5.74) is 8.36. The van der Waals surface area contributed by atoms with Crippen LogP contribution in [0.2, 0.25) is 0 Å². The Morgan fingerprint density at radius 3 is 2.71 bits per heavy atom. The number of ether oxygens (including phenoxy) is 1. The van der Waals surface area contributed by atoms with Gasteiger partial charge < -0.3 is 9.64 Å². The summed E-state index contributed by atoms with van der Waals surface area (Å²) in [5.74, 6) is 1.79. The first-order chi connectivity index (χ1) is 17.2. The maximum atomic E-state index is 12.9. The van der Waals surface area contributed by atoms with Gasteiger partial charge in [-0.25, -0.2) is 0 Å². The van der Waals surface area contributed by atoms with E-state index in [2.05, 4.69) is 64.4 Å². The molecule has 3 aliphatic rings. The zero-order valence-electron chi connectivity index (χ0n) is 20.6. The summed E-state index contributed by atoms with van der Waals surface area (Å²) < 4.78 is 5.37. The number of carbonyl (C=O) groups is 1. The highest BCUT2D eigenvalue weighted by molar-refractivity contribution is 5.78. The number of likely N-dealkylation sites (tertiary alicyclic amines) is 2. The van der Waals surface area contributed by atoms with Gasteiger partial charge in [-0.1, -0.05) is 54.6 Å². The van der Waals surface area contributed by atoms with E-state index in [1.54, 1.807) is 7.11 Å². The lowest BCUT2D eigenvalue weighted by Gasteiger charge is -2.47. The van der Waals surface area contributed by atoms with Crippen LogP contribution in [0.15, 0.2) is 66.7 Å². The molecule has 0 aromatic heterocycles. The predicted octanol–water partition coefficient (Wildman–Crippen LogP) is 5.32. The molecule has 1 amide bonds. The van der Waals surface area contributed by atoms with E-state index in [9.17, 15) is 4.79 Å². The highest BCUT2D eigenvalue weighted by atomic mass is 16.5. The summed E-state index contributed by atoms with van der Waals surface area (Å²) in [6, 6.07) is 24.5. The van der Waals surface area contributed by atoms with Crippen molar-refractivity contribution < 1.29 is 9.53 Å². The first-order valence-corrected chi connectivity index (χ1v) is 13.0. The van der Waals surface area contributed by atoms with Crippen molar-refractivity contribution in [2.75, 3.05) is 26.7 Å². The lowest BCUT2D eigenvalue weighted by atomic mass is 9.83. The van der Waals surface area contributed by atoms with Gasteiger partial charge in [0.15, 0.2) is 0 Å². The van der Waals surface area contributed by atoms with E-state index in [0.717, 1.165) is 57.6 Å². The van der Waals surface area contributed by atoms with Crippen LogP contribution in [0.1, 0.15) is 41.5 Å². The number of rotatable bonds is 6. The predicted molar refractivity (Wildman–Crippen MR) is 140 cm³/mol. The van der Waals surface area contributed by atoms with E-state index in [-0.39, 0.29) is 0 Å². The third kappa shape index (κ3) is 4.48. The molecule has 2 atom stereocenters. The Bertz CT molecular complexity index is 1240. The average molecular weight is 467 g/mol. The summed E-state index contributed by atoms with van der Waals surface area (Å²) in [7, 11) is 1.70. The van der Waals surface area contributed by atoms with Crippen molar-refractivity contribution in [1.29, 1.82) is 0 Å². The summed E-state index contributed by atoms with van der Waals surface area (Å²) in [5, 5.41) is 0. The Labute approximate surface area is 208 Å². The minimum Gasteiger partial charge on any atom is -0.497 e. The van der Waals surface area contributed by atoms with E-state index in [1.807, 2.05) is 12.1 Å². The van der Waals surface area contributed by atoms with E-state index >= 15 is 0 Å². The summed E-state index contributed by atoms with van der Waals surface area (Å²) in [6.45, 7) is 3.95. The molecule has 3 aromatic carbocycles. The number of carbonyl (C=O) groups excluding carboxylic acids is 1. The van der Waals surface area contributed by atoms with Crippen LogP contribution in [0.5, 0.6) is 5.75 Å². The third-order valence-electron chi connectivity index (χ3n) is 8.27. The second kappa shape index (κ2) is 9.50. The topological polar surface area (TPSA) is 32.8 Å². The Morgan fingerprint density at radius 1 is 0.914 bits per heavy atom. The molecule has 2 heterocycles. The molecule has 6 rings (SSSR count). The fourth-order valence-electron chi connectivity index (χ4n) is 6.49. The first-order valence-electron chi connectivity index (χ1n) is 13.0. The molecule has 2 aliphatic heterocycles. The third-order valence-corrected chi connectivity index (χ3v) is 8.27. The van der Waals surface area contributed by atoms with Gasteiger partial charge >= 0.3 is 0 Å². The van der Waals surface area contributed by atoms with Crippen LogP contribution in [0, 0.1) is 5.92 Å². The molecule has 35 heavy (non-hydrogen) atoms. The summed E-state index contributed by atoms with van der Waals surface area (Å²) in [6.07, 6.45) is 4.71. The van der Waals surface area contributed by atoms with Crippen LogP contribution in [-0.4, -0.2) is 48.5 Å². The van der Waals surface area contributed by atoms with Gasteiger partial charge in [0.25, 0.3) is 0 Å². The molecule has 0 radical (unpaired) electrons. The van der Waals surface area contributed by atoms with Gasteiger partial charge in [-0.15, -0.1) is 0 Å². The monoisotopic (exact) mass is 466 g/mol. The van der Waals surface area contributed by atoms with Crippen molar-refractivity contribution in [2.24, 2.45) is 5.92 Å². The molecule has 2 saturated heterocycles. The van der Waals surface area contributed by atoms with Crippen molar-refractivity contribution >= 4 is 5.91 Å². The molecule has 180 valence electrons. The van der Waals surface area contributed by atoms with Crippen LogP contribution in [0.3, 0.4) is 0 Å². The molecule has 4 nitrogen and oxygen atoms in total. The second-order valence-corrected chi connectivity index (χ2v) is 10.4. The number of hydrogen-bond acceptors (Lipinski definition) is 3. The number of fused-ring (bicyclic) bond motifs is 4. The van der Waals surface area contributed by atoms with E-state index < -0.39 is 0 Å². The van der Waals surface area contributed by atoms with Crippen molar-refractivity contribution in [3.8, 4) is 16.9 Å². The minimum absolute atomic E-state index is 0.334. The Kier molecular flexibility index (Phi) is 6.07. The molecular formula is C31H34N2O2. The van der Waals surface area contributed by atoms with Crippen LogP contribution < -0.4 is 4.74 Å². The molecule has 0 saturated carbocycles. The van der Waals surface area contributed by atoms with E-state index in [0.29, 0.717) is 24.3 Å². The quantitative estimate of drug-likeness (QED) is 0.385. The number of nitrogens with zero attached hydrogens (tertiary/aromatic N) is 2. The van der Waals surface area contributed by atoms with Gasteiger partial charge in [0.2, 0.25) is 5.91 Å². The molecule has 0 N–H and O–H groups in total. The molecule has 0 bridgehead atoms. The Morgan fingerprint density at radius 2 is 1.80 bits per heavy atom. The smallest absolute Gasteiger partial charge is 0.222 e. The fraction of sp³-hybridized carbons (Fsp3) is 0.387. The Balaban J connectivity index is 1.09. The largest absolute Gasteiger partial charge is 0.497 e. The summed E-state index contributed by atoms with van der Waals surface area (Å²) in [4.78, 5) is 17.7. The zero-order chi connectivity index (χ0) is 23.8. The molecule has 0 spiro atoms. The highest BCUT2D eigenvalue weighted by Crippen LogP contribution is 2.37. The minimum atomic E-state index is 0.334. The number of hydrogen-bond donors (Lipinski definition) is 0. The fourth-order valence-corrected chi connectivity index (χ4v) is 6.49. The number of methoxy groups -OCH3 is 1. The van der Waals surface area contributed by atoms with Crippen molar-refractivity contribution in [3.63, 3.8) is 0 Å². The van der Waals surface area contributed by atoms with Gasteiger partial charge in [-0.3, -0.25) is 9.69 Å². The van der Waals surface area contributed by atoms with Gasteiger partial charge in [0.05, 0.1) is 7.11 Å². The van der Waals surface area contributed by atoms with Crippen molar-refractivity contribution in [2.45, 2.75) is 44.7 Å². The molecular weight excluding hydrogens is 432 g/mol. The van der Waals surface area contributed by atoms with Gasteiger partial charge in [-0.2, -0.15) is 0 Å². The molecule has 0 unspecified atom stereocenters. The van der Waals surface area contributed by atoms with Gasteiger partial charge in [0.1, 0.15) is 5.75 Å². The number of benzene rings is 3. The van der Waals surface area contributed by atoms with Crippen LogP contribution in [-0.2, 0) is 24.2 Å². The SMILES string of the molecule is COc1cccc(CCN2C(=O)CC[C@@H]3CN(Cc4ccc5c(c4)Cc4ccccc4-5)CC[C@@H]32)c1. The molecule has 3 aromatic rings. The van der Waals surface area contributed by atoms with E-state index in [4.69, 9.17) is 4.74 Å². The van der Waals surface area contributed by atoms with E-state index in [1.165, 1.54) is 33.4 Å². The summed E-state index contributed by atoms with van der Waals surface area (Å²) >= 11 is 0. The molecule has 4 heteroatoms. The van der Waals surface area contributed by atoms with Crippen molar-refractivity contribution in [1.82, 2.24) is 9.80 Å². The van der Waals surface area contributed by atoms with Crippen LogP contribution >= 0.6 is 0 Å². The van der Waals surface area contributed by atoms with Crippen LogP contribution in [0.4, 0.5) is 0 Å². The number of piperidine rings is 2. The second-order valence-electron chi connectivity index (χ2n) is 10.4. The standard InChI is InChI=1S/C31H34N2O2/c1-35-27-7-4-5-22(18-27)13-16-33-30-14-15-32(21-25(30)10-12-31(33)34)20-23-9-11-29-26(17-23)19-24-6-2-3-8-28(24)29/h2-9,11,17-18,25,30H,10,12-16,19-21H2,1H3/t25-,30+/m1/s1. The zero-order valence-corrected chi connectivity index (χ0v) is 20.6. The first kappa shape index (κ1) is 22.4.